The highest BCUT2D eigenvalue weighted by atomic mass is 16.5. The van der Waals surface area contributed by atoms with Crippen LogP contribution in [0.4, 0.5) is 0 Å². The molecule has 1 saturated heterocycles. The molecule has 2 aromatic rings. The fraction of sp³-hybridized carbons (Fsp3) is 0.304. The average molecular weight is 379 g/mol. The molecule has 0 N–H and O–H groups in total. The van der Waals surface area contributed by atoms with E-state index in [1.54, 1.807) is 18.2 Å². The Balaban J connectivity index is 1.52. The van der Waals surface area contributed by atoms with Gasteiger partial charge in [0.25, 0.3) is 5.91 Å². The normalized spacial score (nSPS) is 13.7. The third-order valence-corrected chi connectivity index (χ3v) is 4.59. The number of rotatable bonds is 7. The van der Waals surface area contributed by atoms with E-state index in [1.165, 1.54) is 6.08 Å². The fourth-order valence-electron chi connectivity index (χ4n) is 3.11. The molecule has 1 heterocycles. The van der Waals surface area contributed by atoms with Crippen molar-refractivity contribution in [3.8, 4) is 5.75 Å². The molecule has 5 heteroatoms. The Bertz CT molecular complexity index is 836. The summed E-state index contributed by atoms with van der Waals surface area (Å²) in [5, 5.41) is 0. The molecule has 2 aromatic carbocycles. The standard InChI is InChI=1S/C23H25NO4/c1-2-27-21-8-4-3-7-19(21)13-14-22(25)28-17-18-9-11-20(12-10-18)23(26)24-15-5-6-16-24/h3-4,7-14H,2,5-6,15-17H2,1H3/b14-13+. The maximum absolute atomic E-state index is 12.3. The van der Waals surface area contributed by atoms with Gasteiger partial charge in [-0.1, -0.05) is 30.3 Å². The molecular formula is C23H25NO4. The first-order chi connectivity index (χ1) is 13.7. The molecule has 5 nitrogen and oxygen atoms in total. The van der Waals surface area contributed by atoms with E-state index in [0.29, 0.717) is 12.2 Å². The van der Waals surface area contributed by atoms with Crippen LogP contribution in [-0.2, 0) is 16.1 Å². The molecule has 28 heavy (non-hydrogen) atoms. The number of carbonyl (C=O) groups is 2. The number of nitrogens with zero attached hydrogens (tertiary/aromatic N) is 1. The summed E-state index contributed by atoms with van der Waals surface area (Å²) in [6.07, 6.45) is 5.22. The molecule has 0 atom stereocenters. The first-order valence-electron chi connectivity index (χ1n) is 9.62. The lowest BCUT2D eigenvalue weighted by Crippen LogP contribution is -2.27. The zero-order chi connectivity index (χ0) is 19.8. The number of para-hydroxylation sites is 1. The molecule has 0 spiro atoms. The van der Waals surface area contributed by atoms with E-state index in [-0.39, 0.29) is 12.5 Å². The number of ether oxygens (including phenoxy) is 2. The number of hydrogen-bond acceptors (Lipinski definition) is 4. The van der Waals surface area contributed by atoms with Gasteiger partial charge >= 0.3 is 5.97 Å². The Morgan fingerprint density at radius 1 is 1.04 bits per heavy atom. The second kappa shape index (κ2) is 9.74. The Morgan fingerprint density at radius 3 is 2.46 bits per heavy atom. The molecule has 1 fully saturated rings. The smallest absolute Gasteiger partial charge is 0.331 e. The number of esters is 1. The maximum atomic E-state index is 12.3. The Morgan fingerprint density at radius 2 is 1.75 bits per heavy atom. The van der Waals surface area contributed by atoms with Crippen LogP contribution in [0.1, 0.15) is 41.3 Å². The first kappa shape index (κ1) is 19.7. The monoisotopic (exact) mass is 379 g/mol. The van der Waals surface area contributed by atoms with E-state index in [1.807, 2.05) is 48.2 Å². The van der Waals surface area contributed by atoms with Crippen LogP contribution in [0.25, 0.3) is 6.08 Å². The lowest BCUT2D eigenvalue weighted by Gasteiger charge is -2.15. The molecule has 1 aliphatic heterocycles. The Hall–Kier alpha value is -3.08. The molecule has 0 aliphatic carbocycles. The van der Waals surface area contributed by atoms with Crippen molar-refractivity contribution in [1.29, 1.82) is 0 Å². The van der Waals surface area contributed by atoms with Gasteiger partial charge < -0.3 is 14.4 Å². The van der Waals surface area contributed by atoms with Crippen LogP contribution in [0.5, 0.6) is 5.75 Å². The minimum Gasteiger partial charge on any atom is -0.493 e. The molecule has 0 saturated carbocycles. The van der Waals surface area contributed by atoms with E-state index < -0.39 is 5.97 Å². The summed E-state index contributed by atoms with van der Waals surface area (Å²) in [6.45, 7) is 4.30. The highest BCUT2D eigenvalue weighted by Gasteiger charge is 2.19. The highest BCUT2D eigenvalue weighted by Crippen LogP contribution is 2.19. The second-order valence-corrected chi connectivity index (χ2v) is 6.61. The third kappa shape index (κ3) is 5.22. The Kier molecular flexibility index (Phi) is 6.84. The molecule has 146 valence electrons. The van der Waals surface area contributed by atoms with Crippen molar-refractivity contribution < 1.29 is 19.1 Å². The van der Waals surface area contributed by atoms with Crippen LogP contribution in [0.15, 0.2) is 54.6 Å². The summed E-state index contributed by atoms with van der Waals surface area (Å²) in [5.41, 5.74) is 2.34. The van der Waals surface area contributed by atoms with Crippen molar-refractivity contribution in [3.63, 3.8) is 0 Å². The van der Waals surface area contributed by atoms with Gasteiger partial charge in [-0.25, -0.2) is 4.79 Å². The SMILES string of the molecule is CCOc1ccccc1/C=C/C(=O)OCc1ccc(C(=O)N2CCCC2)cc1. The van der Waals surface area contributed by atoms with Crippen LogP contribution >= 0.6 is 0 Å². The van der Waals surface area contributed by atoms with Crippen molar-refractivity contribution in [1.82, 2.24) is 4.90 Å². The average Bonchev–Trinajstić information content (AvgIpc) is 3.26. The van der Waals surface area contributed by atoms with Gasteiger partial charge in [-0.3, -0.25) is 4.79 Å². The third-order valence-electron chi connectivity index (χ3n) is 4.59. The molecule has 1 aliphatic rings. The number of hydrogen-bond donors (Lipinski definition) is 0. The van der Waals surface area contributed by atoms with Crippen molar-refractivity contribution in [2.75, 3.05) is 19.7 Å². The van der Waals surface area contributed by atoms with Gasteiger partial charge in [0, 0.05) is 30.3 Å². The van der Waals surface area contributed by atoms with E-state index in [4.69, 9.17) is 9.47 Å². The van der Waals surface area contributed by atoms with Gasteiger partial charge in [0.15, 0.2) is 0 Å². The van der Waals surface area contributed by atoms with Crippen molar-refractivity contribution in [2.45, 2.75) is 26.4 Å². The largest absolute Gasteiger partial charge is 0.493 e. The van der Waals surface area contributed by atoms with Gasteiger partial charge in [-0.15, -0.1) is 0 Å². The molecule has 0 aromatic heterocycles. The minimum absolute atomic E-state index is 0.0666. The summed E-state index contributed by atoms with van der Waals surface area (Å²) in [5.74, 6) is 0.368. The molecule has 3 rings (SSSR count). The molecule has 0 radical (unpaired) electrons. The zero-order valence-electron chi connectivity index (χ0n) is 16.1. The van der Waals surface area contributed by atoms with E-state index in [0.717, 1.165) is 42.8 Å². The van der Waals surface area contributed by atoms with Gasteiger partial charge in [-0.2, -0.15) is 0 Å². The first-order valence-corrected chi connectivity index (χ1v) is 9.62. The van der Waals surface area contributed by atoms with Crippen molar-refractivity contribution in [2.24, 2.45) is 0 Å². The number of amides is 1. The zero-order valence-corrected chi connectivity index (χ0v) is 16.1. The lowest BCUT2D eigenvalue weighted by atomic mass is 10.1. The quantitative estimate of drug-likeness (QED) is 0.537. The van der Waals surface area contributed by atoms with Crippen molar-refractivity contribution in [3.05, 3.63) is 71.3 Å². The number of benzene rings is 2. The van der Waals surface area contributed by atoms with Gasteiger partial charge in [0.1, 0.15) is 12.4 Å². The summed E-state index contributed by atoms with van der Waals surface area (Å²) in [4.78, 5) is 26.2. The highest BCUT2D eigenvalue weighted by molar-refractivity contribution is 5.94. The fourth-order valence-corrected chi connectivity index (χ4v) is 3.11. The predicted molar refractivity (Wildman–Crippen MR) is 108 cm³/mol. The van der Waals surface area contributed by atoms with Gasteiger partial charge in [0.05, 0.1) is 6.61 Å². The molecule has 0 bridgehead atoms. The van der Waals surface area contributed by atoms with Crippen LogP contribution in [0.3, 0.4) is 0 Å². The van der Waals surface area contributed by atoms with Gasteiger partial charge in [-0.05, 0) is 49.6 Å². The lowest BCUT2D eigenvalue weighted by molar-refractivity contribution is -0.138. The molecule has 1 amide bonds. The van der Waals surface area contributed by atoms with Gasteiger partial charge in [0.2, 0.25) is 0 Å². The number of carbonyl (C=O) groups excluding carboxylic acids is 2. The number of likely N-dealkylation sites (tertiary alicyclic amines) is 1. The topological polar surface area (TPSA) is 55.8 Å². The summed E-state index contributed by atoms with van der Waals surface area (Å²) in [6, 6.07) is 14.7. The molecule has 0 unspecified atom stereocenters. The van der Waals surface area contributed by atoms with E-state index in [9.17, 15) is 9.59 Å². The van der Waals surface area contributed by atoms with Crippen LogP contribution in [0, 0.1) is 0 Å². The van der Waals surface area contributed by atoms with Crippen LogP contribution in [-0.4, -0.2) is 36.5 Å². The summed E-state index contributed by atoms with van der Waals surface area (Å²) in [7, 11) is 0. The molecular weight excluding hydrogens is 354 g/mol. The van der Waals surface area contributed by atoms with Crippen LogP contribution < -0.4 is 4.74 Å². The van der Waals surface area contributed by atoms with E-state index in [2.05, 4.69) is 0 Å². The maximum Gasteiger partial charge on any atom is 0.331 e. The van der Waals surface area contributed by atoms with Crippen LogP contribution in [0.2, 0.25) is 0 Å². The summed E-state index contributed by atoms with van der Waals surface area (Å²) >= 11 is 0. The second-order valence-electron chi connectivity index (χ2n) is 6.61. The Labute approximate surface area is 165 Å². The van der Waals surface area contributed by atoms with Crippen molar-refractivity contribution >= 4 is 18.0 Å². The minimum atomic E-state index is -0.427. The summed E-state index contributed by atoms with van der Waals surface area (Å²) < 4.78 is 10.8. The van der Waals surface area contributed by atoms with E-state index >= 15 is 0 Å². The predicted octanol–water partition coefficient (Wildman–Crippen LogP) is 4.08.